The first-order chi connectivity index (χ1) is 14.8. The van der Waals surface area contributed by atoms with Crippen LogP contribution in [0.15, 0.2) is 29.6 Å². The van der Waals surface area contributed by atoms with Crippen molar-refractivity contribution in [2.45, 2.75) is 6.42 Å². The van der Waals surface area contributed by atoms with E-state index in [1.54, 1.807) is 11.3 Å². The van der Waals surface area contributed by atoms with Crippen molar-refractivity contribution in [2.75, 3.05) is 26.9 Å². The smallest absolute Gasteiger partial charge is 0.338 e. The maximum Gasteiger partial charge on any atom is 0.338 e. The van der Waals surface area contributed by atoms with E-state index in [4.69, 9.17) is 31.5 Å². The number of amides is 4. The molecule has 0 saturated carbocycles. The van der Waals surface area contributed by atoms with Gasteiger partial charge in [0, 0.05) is 11.4 Å². The lowest BCUT2D eigenvalue weighted by atomic mass is 10.2. The Morgan fingerprint density at radius 2 is 1.97 bits per heavy atom. The van der Waals surface area contributed by atoms with E-state index in [2.05, 4.69) is 10.6 Å². The molecule has 2 rings (SSSR count). The van der Waals surface area contributed by atoms with Crippen molar-refractivity contribution in [3.8, 4) is 11.5 Å². The van der Waals surface area contributed by atoms with Gasteiger partial charge in [-0.15, -0.1) is 11.3 Å². The molecule has 1 aromatic carbocycles. The zero-order valence-corrected chi connectivity index (χ0v) is 18.0. The molecule has 166 valence electrons. The third-order valence-electron chi connectivity index (χ3n) is 3.65. The first kappa shape index (κ1) is 24.0. The zero-order chi connectivity index (χ0) is 22.8. The van der Waals surface area contributed by atoms with Gasteiger partial charge in [-0.25, -0.2) is 9.59 Å². The van der Waals surface area contributed by atoms with Gasteiger partial charge in [0.05, 0.1) is 17.7 Å². The Bertz CT molecular complexity index is 950. The van der Waals surface area contributed by atoms with Crippen molar-refractivity contribution in [1.29, 1.82) is 0 Å². The molecule has 10 nitrogen and oxygen atoms in total. The number of carbonyl (C=O) groups excluding carboxylic acids is 4. The van der Waals surface area contributed by atoms with Gasteiger partial charge in [-0.2, -0.15) is 0 Å². The van der Waals surface area contributed by atoms with Crippen LogP contribution in [-0.4, -0.2) is 50.7 Å². The number of methoxy groups -OCH3 is 1. The number of esters is 1. The van der Waals surface area contributed by atoms with E-state index in [-0.39, 0.29) is 22.1 Å². The second-order valence-corrected chi connectivity index (χ2v) is 7.39. The molecule has 0 atom stereocenters. The van der Waals surface area contributed by atoms with Crippen LogP contribution in [0.3, 0.4) is 0 Å². The van der Waals surface area contributed by atoms with Crippen LogP contribution >= 0.6 is 22.9 Å². The van der Waals surface area contributed by atoms with Crippen LogP contribution in [0, 0.1) is 0 Å². The highest BCUT2D eigenvalue weighted by Gasteiger charge is 2.19. The Morgan fingerprint density at radius 3 is 2.61 bits per heavy atom. The van der Waals surface area contributed by atoms with Crippen molar-refractivity contribution in [2.24, 2.45) is 5.73 Å². The van der Waals surface area contributed by atoms with Gasteiger partial charge < -0.3 is 25.3 Å². The second-order valence-electron chi connectivity index (χ2n) is 5.95. The summed E-state index contributed by atoms with van der Waals surface area (Å²) in [5.41, 5.74) is 5.00. The fourth-order valence-corrected chi connectivity index (χ4v) is 3.27. The van der Waals surface area contributed by atoms with E-state index < -0.39 is 37.0 Å². The topological polar surface area (TPSA) is 146 Å². The minimum absolute atomic E-state index is 0.0245. The zero-order valence-electron chi connectivity index (χ0n) is 16.4. The standard InChI is InChI=1S/C19H20ClN3O7S/c1-28-14-8-11(7-13(20)17(14)29-9-15(21)24)18(26)30-10-16(25)23-19(27)22-5-4-12-3-2-6-31-12/h2-3,6-8H,4-5,9-10H2,1H3,(H2,21,24)(H2,22,23,25,27). The number of rotatable bonds is 10. The Labute approximate surface area is 186 Å². The number of nitrogens with one attached hydrogen (secondary N) is 2. The molecule has 4 amide bonds. The normalized spacial score (nSPS) is 10.1. The van der Waals surface area contributed by atoms with E-state index >= 15 is 0 Å². The molecule has 0 unspecified atom stereocenters. The van der Waals surface area contributed by atoms with Crippen LogP contribution in [0.25, 0.3) is 0 Å². The summed E-state index contributed by atoms with van der Waals surface area (Å²) in [6.45, 7) is -0.769. The Hall–Kier alpha value is -3.31. The maximum atomic E-state index is 12.2. The first-order valence-corrected chi connectivity index (χ1v) is 10.1. The van der Waals surface area contributed by atoms with Crippen molar-refractivity contribution in [1.82, 2.24) is 10.6 Å². The summed E-state index contributed by atoms with van der Waals surface area (Å²) in [6, 6.07) is 5.63. The number of imide groups is 1. The van der Waals surface area contributed by atoms with E-state index in [0.717, 1.165) is 4.88 Å². The summed E-state index contributed by atoms with van der Waals surface area (Å²) in [5.74, 6) is -2.31. The number of thiophene rings is 1. The average molecular weight is 470 g/mol. The Balaban J connectivity index is 1.83. The second kappa shape index (κ2) is 11.8. The average Bonchev–Trinajstić information content (AvgIpc) is 3.23. The highest BCUT2D eigenvalue weighted by molar-refractivity contribution is 7.09. The number of hydrogen-bond acceptors (Lipinski definition) is 8. The summed E-state index contributed by atoms with van der Waals surface area (Å²) >= 11 is 7.62. The quantitative estimate of drug-likeness (QED) is 0.447. The lowest BCUT2D eigenvalue weighted by Gasteiger charge is -2.13. The highest BCUT2D eigenvalue weighted by atomic mass is 35.5. The fraction of sp³-hybridized carbons (Fsp3) is 0.263. The van der Waals surface area contributed by atoms with E-state index in [1.165, 1.54) is 19.2 Å². The SMILES string of the molecule is COc1cc(C(=O)OCC(=O)NC(=O)NCCc2cccs2)cc(Cl)c1OCC(N)=O. The van der Waals surface area contributed by atoms with Crippen molar-refractivity contribution < 1.29 is 33.4 Å². The predicted octanol–water partition coefficient (Wildman–Crippen LogP) is 1.50. The number of halogens is 1. The third kappa shape index (κ3) is 7.79. The van der Waals surface area contributed by atoms with Gasteiger partial charge in [-0.1, -0.05) is 17.7 Å². The first-order valence-electron chi connectivity index (χ1n) is 8.86. The largest absolute Gasteiger partial charge is 0.493 e. The van der Waals surface area contributed by atoms with Gasteiger partial charge in [-0.3, -0.25) is 14.9 Å². The minimum atomic E-state index is -0.880. The van der Waals surface area contributed by atoms with Crippen LogP contribution in [0.1, 0.15) is 15.2 Å². The molecule has 0 bridgehead atoms. The van der Waals surface area contributed by atoms with Crippen LogP contribution in [0.5, 0.6) is 11.5 Å². The fourth-order valence-electron chi connectivity index (χ4n) is 2.30. The van der Waals surface area contributed by atoms with E-state index in [0.29, 0.717) is 13.0 Å². The summed E-state index contributed by atoms with van der Waals surface area (Å²) < 4.78 is 15.1. The molecule has 31 heavy (non-hydrogen) atoms. The number of hydrogen-bond donors (Lipinski definition) is 3. The molecule has 0 saturated heterocycles. The number of ether oxygens (including phenoxy) is 3. The number of primary amides is 1. The van der Waals surface area contributed by atoms with Gasteiger partial charge in [-0.05, 0) is 30.0 Å². The number of urea groups is 1. The van der Waals surface area contributed by atoms with Gasteiger partial charge in [0.15, 0.2) is 24.7 Å². The molecule has 2 aromatic rings. The predicted molar refractivity (Wildman–Crippen MR) is 113 cm³/mol. The van der Waals surface area contributed by atoms with Crippen molar-refractivity contribution >= 4 is 46.8 Å². The molecule has 12 heteroatoms. The number of benzene rings is 1. The lowest BCUT2D eigenvalue weighted by Crippen LogP contribution is -2.42. The molecule has 4 N–H and O–H groups in total. The maximum absolute atomic E-state index is 12.2. The third-order valence-corrected chi connectivity index (χ3v) is 4.87. The van der Waals surface area contributed by atoms with Crippen LogP contribution in [0.4, 0.5) is 4.79 Å². The molecule has 1 aromatic heterocycles. The molecule has 0 aliphatic rings. The summed E-state index contributed by atoms with van der Waals surface area (Å²) in [4.78, 5) is 47.7. The van der Waals surface area contributed by atoms with E-state index in [9.17, 15) is 19.2 Å². The molecular formula is C19H20ClN3O7S. The molecule has 0 spiro atoms. The van der Waals surface area contributed by atoms with Gasteiger partial charge in [0.2, 0.25) is 0 Å². The van der Waals surface area contributed by atoms with E-state index in [1.807, 2.05) is 17.5 Å². The van der Waals surface area contributed by atoms with Gasteiger partial charge in [0.1, 0.15) is 0 Å². The molecule has 0 aliphatic heterocycles. The molecule has 0 aliphatic carbocycles. The molecule has 0 radical (unpaired) electrons. The van der Waals surface area contributed by atoms with Crippen LogP contribution < -0.4 is 25.8 Å². The number of carbonyl (C=O) groups is 4. The Morgan fingerprint density at radius 1 is 1.19 bits per heavy atom. The summed E-state index contributed by atoms with van der Waals surface area (Å²) in [7, 11) is 1.31. The molecule has 0 fully saturated rings. The van der Waals surface area contributed by atoms with Gasteiger partial charge in [0.25, 0.3) is 11.8 Å². The van der Waals surface area contributed by atoms with Crippen molar-refractivity contribution in [3.05, 3.63) is 45.1 Å². The Kier molecular flexibility index (Phi) is 9.10. The van der Waals surface area contributed by atoms with Crippen molar-refractivity contribution in [3.63, 3.8) is 0 Å². The van der Waals surface area contributed by atoms with Crippen LogP contribution in [-0.2, 0) is 20.7 Å². The van der Waals surface area contributed by atoms with Gasteiger partial charge >= 0.3 is 12.0 Å². The lowest BCUT2D eigenvalue weighted by molar-refractivity contribution is -0.123. The molecular weight excluding hydrogens is 450 g/mol. The van der Waals surface area contributed by atoms with Crippen LogP contribution in [0.2, 0.25) is 5.02 Å². The number of nitrogens with two attached hydrogens (primary N) is 1. The monoisotopic (exact) mass is 469 g/mol. The summed E-state index contributed by atoms with van der Waals surface area (Å²) in [5, 5.41) is 6.50. The molecule has 1 heterocycles. The highest BCUT2D eigenvalue weighted by Crippen LogP contribution is 2.36. The minimum Gasteiger partial charge on any atom is -0.493 e. The summed E-state index contributed by atoms with van der Waals surface area (Å²) in [6.07, 6.45) is 0.635.